The fraction of sp³-hybridized carbons (Fsp3) is 1.00. The molecule has 0 aromatic heterocycles. The molecule has 0 aromatic rings. The van der Waals surface area contributed by atoms with Crippen LogP contribution >= 0.6 is 0 Å². The minimum Gasteiger partial charge on any atom is -0.363 e. The molecule has 12 heavy (non-hydrogen) atoms. The van der Waals surface area contributed by atoms with Crippen LogP contribution in [-0.4, -0.2) is 18.4 Å². The number of nitrogens with one attached hydrogen (secondary N) is 1. The van der Waals surface area contributed by atoms with Crippen molar-refractivity contribution >= 4 is 0 Å². The Balaban J connectivity index is 2.35. The molecule has 2 heteroatoms. The molecule has 1 unspecified atom stereocenters. The third-order valence-electron chi connectivity index (χ3n) is 3.00. The van der Waals surface area contributed by atoms with Gasteiger partial charge in [-0.05, 0) is 32.6 Å². The highest BCUT2D eigenvalue weighted by molar-refractivity contribution is 4.82. The van der Waals surface area contributed by atoms with Crippen LogP contribution in [-0.2, 0) is 4.74 Å². The molecule has 1 heterocycles. The Hall–Kier alpha value is -0.0800. The number of rotatable bonds is 4. The molecule has 1 fully saturated rings. The molecular weight excluding hydrogens is 150 g/mol. The summed E-state index contributed by atoms with van der Waals surface area (Å²) in [6, 6.07) is 0. The van der Waals surface area contributed by atoms with Gasteiger partial charge in [-0.3, -0.25) is 5.32 Å². The maximum Gasteiger partial charge on any atom is 0.108 e. The van der Waals surface area contributed by atoms with Crippen molar-refractivity contribution in [3.05, 3.63) is 0 Å². The van der Waals surface area contributed by atoms with Crippen LogP contribution in [0.15, 0.2) is 0 Å². The van der Waals surface area contributed by atoms with Gasteiger partial charge in [0, 0.05) is 12.1 Å². The Labute approximate surface area is 75.7 Å². The minimum absolute atomic E-state index is 0.273. The second-order valence-corrected chi connectivity index (χ2v) is 3.91. The van der Waals surface area contributed by atoms with Gasteiger partial charge in [0.1, 0.15) is 6.23 Å². The van der Waals surface area contributed by atoms with Gasteiger partial charge in [0.15, 0.2) is 0 Å². The summed E-state index contributed by atoms with van der Waals surface area (Å²) in [5, 5.41) is 3.57. The van der Waals surface area contributed by atoms with Gasteiger partial charge in [-0.15, -0.1) is 0 Å². The maximum absolute atomic E-state index is 5.54. The van der Waals surface area contributed by atoms with Gasteiger partial charge >= 0.3 is 0 Å². The Morgan fingerprint density at radius 2 is 2.08 bits per heavy atom. The zero-order valence-electron chi connectivity index (χ0n) is 8.52. The van der Waals surface area contributed by atoms with E-state index in [0.717, 1.165) is 6.61 Å². The highest BCUT2D eigenvalue weighted by Crippen LogP contribution is 2.18. The van der Waals surface area contributed by atoms with E-state index < -0.39 is 0 Å². The van der Waals surface area contributed by atoms with E-state index in [1.165, 1.54) is 25.7 Å². The highest BCUT2D eigenvalue weighted by Gasteiger charge is 2.25. The normalized spacial score (nSPS) is 24.8. The zero-order valence-corrected chi connectivity index (χ0v) is 8.52. The van der Waals surface area contributed by atoms with Crippen LogP contribution in [0.1, 0.15) is 46.5 Å². The van der Waals surface area contributed by atoms with E-state index in [1.54, 1.807) is 0 Å². The summed E-state index contributed by atoms with van der Waals surface area (Å²) < 4.78 is 5.54. The van der Waals surface area contributed by atoms with Crippen molar-refractivity contribution < 1.29 is 4.74 Å². The smallest absolute Gasteiger partial charge is 0.108 e. The standard InChI is InChI=1S/C10H21NO/c1-4-10(3,5-2)11-9-7-6-8-12-9/h9,11H,4-8H2,1-3H3. The van der Waals surface area contributed by atoms with E-state index in [2.05, 4.69) is 26.1 Å². The summed E-state index contributed by atoms with van der Waals surface area (Å²) >= 11 is 0. The molecule has 0 aromatic carbocycles. The SMILES string of the molecule is CCC(C)(CC)NC1CCCO1. The van der Waals surface area contributed by atoms with E-state index in [4.69, 9.17) is 4.74 Å². The highest BCUT2D eigenvalue weighted by atomic mass is 16.5. The van der Waals surface area contributed by atoms with Crippen molar-refractivity contribution in [2.45, 2.75) is 58.2 Å². The predicted molar refractivity (Wildman–Crippen MR) is 51.1 cm³/mol. The molecule has 1 rings (SSSR count). The summed E-state index contributed by atoms with van der Waals surface area (Å²) in [7, 11) is 0. The van der Waals surface area contributed by atoms with Gasteiger partial charge in [0.2, 0.25) is 0 Å². The summed E-state index contributed by atoms with van der Waals surface area (Å²) in [6.07, 6.45) is 5.04. The van der Waals surface area contributed by atoms with Crippen molar-refractivity contribution in [1.29, 1.82) is 0 Å². The predicted octanol–water partition coefficient (Wildman–Crippen LogP) is 2.29. The summed E-state index contributed by atoms with van der Waals surface area (Å²) in [4.78, 5) is 0. The molecule has 0 saturated carbocycles. The molecule has 1 aliphatic rings. The van der Waals surface area contributed by atoms with Gasteiger partial charge in [0.05, 0.1) is 0 Å². The van der Waals surface area contributed by atoms with Gasteiger partial charge in [0.25, 0.3) is 0 Å². The van der Waals surface area contributed by atoms with E-state index in [-0.39, 0.29) is 5.54 Å². The van der Waals surface area contributed by atoms with Crippen molar-refractivity contribution in [3.63, 3.8) is 0 Å². The molecule has 1 atom stereocenters. The molecule has 1 saturated heterocycles. The molecule has 0 amide bonds. The average Bonchev–Trinajstić information content (AvgIpc) is 2.57. The molecule has 1 N–H and O–H groups in total. The Bertz CT molecular complexity index is 126. The molecule has 72 valence electrons. The summed E-state index contributed by atoms with van der Waals surface area (Å²) in [5.41, 5.74) is 0.273. The van der Waals surface area contributed by atoms with Gasteiger partial charge in [-0.25, -0.2) is 0 Å². The lowest BCUT2D eigenvalue weighted by molar-refractivity contribution is 0.0539. The van der Waals surface area contributed by atoms with Crippen LogP contribution in [0.3, 0.4) is 0 Å². The first-order chi connectivity index (χ1) is 5.70. The van der Waals surface area contributed by atoms with Crippen LogP contribution in [0.4, 0.5) is 0 Å². The lowest BCUT2D eigenvalue weighted by Crippen LogP contribution is -2.47. The monoisotopic (exact) mass is 171 g/mol. The van der Waals surface area contributed by atoms with E-state index in [0.29, 0.717) is 6.23 Å². The minimum atomic E-state index is 0.273. The molecule has 0 bridgehead atoms. The fourth-order valence-corrected chi connectivity index (χ4v) is 1.53. The van der Waals surface area contributed by atoms with E-state index in [9.17, 15) is 0 Å². The molecule has 0 radical (unpaired) electrons. The second kappa shape index (κ2) is 4.24. The first-order valence-corrected chi connectivity index (χ1v) is 5.09. The molecule has 0 aliphatic carbocycles. The van der Waals surface area contributed by atoms with Crippen LogP contribution < -0.4 is 5.32 Å². The first kappa shape index (κ1) is 10.0. The Morgan fingerprint density at radius 3 is 2.50 bits per heavy atom. The topological polar surface area (TPSA) is 21.3 Å². The summed E-state index contributed by atoms with van der Waals surface area (Å²) in [5.74, 6) is 0. The number of hydrogen-bond donors (Lipinski definition) is 1. The Morgan fingerprint density at radius 1 is 1.42 bits per heavy atom. The molecule has 2 nitrogen and oxygen atoms in total. The summed E-state index contributed by atoms with van der Waals surface area (Å²) in [6.45, 7) is 7.66. The zero-order chi connectivity index (χ0) is 9.03. The lowest BCUT2D eigenvalue weighted by atomic mass is 9.95. The molecule has 1 aliphatic heterocycles. The van der Waals surface area contributed by atoms with Crippen LogP contribution in [0.2, 0.25) is 0 Å². The second-order valence-electron chi connectivity index (χ2n) is 3.91. The Kier molecular flexibility index (Phi) is 3.53. The van der Waals surface area contributed by atoms with Crippen molar-refractivity contribution in [1.82, 2.24) is 5.32 Å². The third kappa shape index (κ3) is 2.46. The number of hydrogen-bond acceptors (Lipinski definition) is 2. The quantitative estimate of drug-likeness (QED) is 0.700. The van der Waals surface area contributed by atoms with Crippen LogP contribution in [0.5, 0.6) is 0 Å². The van der Waals surface area contributed by atoms with E-state index >= 15 is 0 Å². The maximum atomic E-state index is 5.54. The molecular formula is C10H21NO. The average molecular weight is 171 g/mol. The van der Waals surface area contributed by atoms with Crippen molar-refractivity contribution in [3.8, 4) is 0 Å². The van der Waals surface area contributed by atoms with E-state index in [1.807, 2.05) is 0 Å². The van der Waals surface area contributed by atoms with Gasteiger partial charge in [-0.1, -0.05) is 13.8 Å². The number of ether oxygens (including phenoxy) is 1. The van der Waals surface area contributed by atoms with Crippen molar-refractivity contribution in [2.24, 2.45) is 0 Å². The largest absolute Gasteiger partial charge is 0.363 e. The van der Waals surface area contributed by atoms with Crippen LogP contribution in [0, 0.1) is 0 Å². The molecule has 0 spiro atoms. The fourth-order valence-electron chi connectivity index (χ4n) is 1.53. The van der Waals surface area contributed by atoms with Crippen molar-refractivity contribution in [2.75, 3.05) is 6.61 Å². The van der Waals surface area contributed by atoms with Gasteiger partial charge in [-0.2, -0.15) is 0 Å². The van der Waals surface area contributed by atoms with Gasteiger partial charge < -0.3 is 4.74 Å². The lowest BCUT2D eigenvalue weighted by Gasteiger charge is -2.31. The third-order valence-corrected chi connectivity index (χ3v) is 3.00. The van der Waals surface area contributed by atoms with Crippen LogP contribution in [0.25, 0.3) is 0 Å². The first-order valence-electron chi connectivity index (χ1n) is 5.09.